The molecule has 19 heavy (non-hydrogen) atoms. The summed E-state index contributed by atoms with van der Waals surface area (Å²) in [5, 5.41) is 3.92. The Labute approximate surface area is 125 Å². The topological polar surface area (TPSA) is 12.0 Å². The highest BCUT2D eigenvalue weighted by atomic mass is 79.9. The van der Waals surface area contributed by atoms with Crippen molar-refractivity contribution >= 4 is 15.9 Å². The Bertz CT molecular complexity index is 435. The van der Waals surface area contributed by atoms with Gasteiger partial charge in [0.05, 0.1) is 0 Å². The number of halogens is 1. The SMILES string of the molecule is CCC1CCC(NC2CCc3cc(Br)ccc32)CC1. The van der Waals surface area contributed by atoms with Gasteiger partial charge in [-0.2, -0.15) is 0 Å². The van der Waals surface area contributed by atoms with Crippen LogP contribution in [0.1, 0.15) is 62.6 Å². The molecule has 1 nitrogen and oxygen atoms in total. The number of hydrogen-bond acceptors (Lipinski definition) is 1. The molecule has 2 aliphatic rings. The van der Waals surface area contributed by atoms with Crippen LogP contribution in [0.25, 0.3) is 0 Å². The minimum atomic E-state index is 0.603. The maximum absolute atomic E-state index is 3.92. The molecule has 0 amide bonds. The molecule has 1 unspecified atom stereocenters. The molecular formula is C17H24BrN. The van der Waals surface area contributed by atoms with Crippen molar-refractivity contribution in [1.29, 1.82) is 0 Å². The molecule has 0 aromatic heterocycles. The lowest BCUT2D eigenvalue weighted by Gasteiger charge is -2.31. The Balaban J connectivity index is 1.61. The van der Waals surface area contributed by atoms with E-state index in [0.717, 1.165) is 12.0 Å². The molecule has 1 fully saturated rings. The number of rotatable bonds is 3. The van der Waals surface area contributed by atoms with Gasteiger partial charge >= 0.3 is 0 Å². The fourth-order valence-electron chi connectivity index (χ4n) is 3.78. The van der Waals surface area contributed by atoms with Gasteiger partial charge in [-0.15, -0.1) is 0 Å². The van der Waals surface area contributed by atoms with E-state index in [9.17, 15) is 0 Å². The summed E-state index contributed by atoms with van der Waals surface area (Å²) in [6, 6.07) is 8.15. The number of aryl methyl sites for hydroxylation is 1. The lowest BCUT2D eigenvalue weighted by molar-refractivity contribution is 0.269. The van der Waals surface area contributed by atoms with Crippen molar-refractivity contribution in [2.75, 3.05) is 0 Å². The van der Waals surface area contributed by atoms with Crippen LogP contribution in [0.3, 0.4) is 0 Å². The molecule has 0 saturated heterocycles. The normalized spacial score (nSPS) is 30.3. The van der Waals surface area contributed by atoms with E-state index in [1.54, 1.807) is 5.56 Å². The first kappa shape index (κ1) is 13.6. The van der Waals surface area contributed by atoms with Crippen molar-refractivity contribution in [1.82, 2.24) is 5.32 Å². The van der Waals surface area contributed by atoms with Crippen LogP contribution in [0.4, 0.5) is 0 Å². The zero-order valence-corrected chi connectivity index (χ0v) is 13.4. The summed E-state index contributed by atoms with van der Waals surface area (Å²) in [6.45, 7) is 2.34. The standard InChI is InChI=1S/C17H24BrN/c1-2-12-3-7-15(8-4-12)19-17-10-5-13-11-14(18)6-9-16(13)17/h6,9,11-12,15,17,19H,2-5,7-8,10H2,1H3. The van der Waals surface area contributed by atoms with Crippen molar-refractivity contribution in [3.8, 4) is 0 Å². The Kier molecular flexibility index (Phi) is 4.28. The van der Waals surface area contributed by atoms with Gasteiger partial charge in [-0.1, -0.05) is 35.3 Å². The lowest BCUT2D eigenvalue weighted by atomic mass is 9.84. The van der Waals surface area contributed by atoms with Gasteiger partial charge in [0.1, 0.15) is 0 Å². The van der Waals surface area contributed by atoms with E-state index in [0.29, 0.717) is 6.04 Å². The van der Waals surface area contributed by atoms with Gasteiger partial charge in [-0.05, 0) is 67.7 Å². The van der Waals surface area contributed by atoms with E-state index in [-0.39, 0.29) is 0 Å². The van der Waals surface area contributed by atoms with Gasteiger partial charge in [0.25, 0.3) is 0 Å². The van der Waals surface area contributed by atoms with Crippen LogP contribution < -0.4 is 5.32 Å². The van der Waals surface area contributed by atoms with E-state index >= 15 is 0 Å². The van der Waals surface area contributed by atoms with Crippen LogP contribution in [0.5, 0.6) is 0 Å². The first-order valence-electron chi connectivity index (χ1n) is 7.80. The highest BCUT2D eigenvalue weighted by Gasteiger charge is 2.27. The number of fused-ring (bicyclic) bond motifs is 1. The molecule has 0 spiro atoms. The van der Waals surface area contributed by atoms with Gasteiger partial charge in [-0.3, -0.25) is 0 Å². The zero-order chi connectivity index (χ0) is 13.2. The third-order valence-electron chi connectivity index (χ3n) is 5.04. The van der Waals surface area contributed by atoms with Gasteiger partial charge in [0, 0.05) is 16.6 Å². The molecule has 0 aliphatic heterocycles. The quantitative estimate of drug-likeness (QED) is 0.826. The van der Waals surface area contributed by atoms with Gasteiger partial charge in [0.15, 0.2) is 0 Å². The Morgan fingerprint density at radius 1 is 1.16 bits per heavy atom. The number of nitrogens with one attached hydrogen (secondary N) is 1. The lowest BCUT2D eigenvalue weighted by Crippen LogP contribution is -2.35. The van der Waals surface area contributed by atoms with Gasteiger partial charge in [-0.25, -0.2) is 0 Å². The summed E-state index contributed by atoms with van der Waals surface area (Å²) in [7, 11) is 0. The molecule has 1 N–H and O–H groups in total. The summed E-state index contributed by atoms with van der Waals surface area (Å²) < 4.78 is 1.22. The molecule has 1 aromatic carbocycles. The van der Waals surface area contributed by atoms with Crippen molar-refractivity contribution < 1.29 is 0 Å². The van der Waals surface area contributed by atoms with Crippen molar-refractivity contribution in [2.24, 2.45) is 5.92 Å². The van der Waals surface area contributed by atoms with Crippen molar-refractivity contribution in [3.63, 3.8) is 0 Å². The van der Waals surface area contributed by atoms with E-state index in [1.807, 2.05) is 0 Å². The van der Waals surface area contributed by atoms with Gasteiger partial charge < -0.3 is 5.32 Å². The second kappa shape index (κ2) is 5.97. The summed E-state index contributed by atoms with van der Waals surface area (Å²) in [5.74, 6) is 0.991. The van der Waals surface area contributed by atoms with E-state index in [1.165, 1.54) is 55.0 Å². The fraction of sp³-hybridized carbons (Fsp3) is 0.647. The Morgan fingerprint density at radius 2 is 1.95 bits per heavy atom. The van der Waals surface area contributed by atoms with Crippen LogP contribution in [0, 0.1) is 5.92 Å². The third-order valence-corrected chi connectivity index (χ3v) is 5.54. The maximum Gasteiger partial charge on any atom is 0.0328 e. The predicted octanol–water partition coefficient (Wildman–Crippen LogP) is 4.99. The molecule has 0 bridgehead atoms. The second-order valence-corrected chi connectivity index (χ2v) is 7.14. The Hall–Kier alpha value is -0.340. The summed E-state index contributed by atoms with van der Waals surface area (Å²) in [5.41, 5.74) is 3.08. The van der Waals surface area contributed by atoms with E-state index in [4.69, 9.17) is 0 Å². The maximum atomic E-state index is 3.92. The van der Waals surface area contributed by atoms with Crippen LogP contribution >= 0.6 is 15.9 Å². The van der Waals surface area contributed by atoms with Crippen LogP contribution in [-0.2, 0) is 6.42 Å². The molecule has 104 valence electrons. The second-order valence-electron chi connectivity index (χ2n) is 6.23. The number of hydrogen-bond donors (Lipinski definition) is 1. The average Bonchev–Trinajstić information content (AvgIpc) is 2.82. The highest BCUT2D eigenvalue weighted by molar-refractivity contribution is 9.10. The summed E-state index contributed by atoms with van der Waals surface area (Å²) >= 11 is 3.58. The molecule has 1 saturated carbocycles. The molecule has 1 atom stereocenters. The molecular weight excluding hydrogens is 298 g/mol. The van der Waals surface area contributed by atoms with Crippen molar-refractivity contribution in [2.45, 2.75) is 64.0 Å². The van der Waals surface area contributed by atoms with Crippen molar-refractivity contribution in [3.05, 3.63) is 33.8 Å². The third kappa shape index (κ3) is 3.05. The highest BCUT2D eigenvalue weighted by Crippen LogP contribution is 2.35. The predicted molar refractivity (Wildman–Crippen MR) is 84.4 cm³/mol. The summed E-state index contributed by atoms with van der Waals surface area (Å²) in [4.78, 5) is 0. The summed E-state index contributed by atoms with van der Waals surface area (Å²) in [6.07, 6.45) is 9.48. The molecule has 2 heteroatoms. The smallest absolute Gasteiger partial charge is 0.0328 e. The van der Waals surface area contributed by atoms with E-state index < -0.39 is 0 Å². The Morgan fingerprint density at radius 3 is 2.68 bits per heavy atom. The van der Waals surface area contributed by atoms with Gasteiger partial charge in [0.2, 0.25) is 0 Å². The number of benzene rings is 1. The van der Waals surface area contributed by atoms with Crippen LogP contribution in [-0.4, -0.2) is 6.04 Å². The zero-order valence-electron chi connectivity index (χ0n) is 11.8. The molecule has 0 heterocycles. The first-order chi connectivity index (χ1) is 9.26. The first-order valence-corrected chi connectivity index (χ1v) is 8.60. The monoisotopic (exact) mass is 321 g/mol. The minimum absolute atomic E-state index is 0.603. The average molecular weight is 322 g/mol. The van der Waals surface area contributed by atoms with E-state index in [2.05, 4.69) is 46.4 Å². The fourth-order valence-corrected chi connectivity index (χ4v) is 4.19. The largest absolute Gasteiger partial charge is 0.307 e. The molecule has 0 radical (unpaired) electrons. The molecule has 1 aromatic rings. The van der Waals surface area contributed by atoms with Crippen LogP contribution in [0.2, 0.25) is 0 Å². The molecule has 3 rings (SSSR count). The molecule has 2 aliphatic carbocycles. The van der Waals surface area contributed by atoms with Crippen LogP contribution in [0.15, 0.2) is 22.7 Å². The minimum Gasteiger partial charge on any atom is -0.307 e.